The third-order valence-corrected chi connectivity index (χ3v) is 4.95. The van der Waals surface area contributed by atoms with Crippen LogP contribution in [0.4, 0.5) is 11.4 Å². The number of hydrogen-bond donors (Lipinski definition) is 3. The van der Waals surface area contributed by atoms with Crippen LogP contribution in [0.5, 0.6) is 5.75 Å². The Morgan fingerprint density at radius 1 is 0.818 bits per heavy atom. The third-order valence-electron chi connectivity index (χ3n) is 4.75. The highest BCUT2D eigenvalue weighted by molar-refractivity contribution is 7.80. The van der Waals surface area contributed by atoms with E-state index in [1.165, 1.54) is 0 Å². The molecule has 3 N–H and O–H groups in total. The van der Waals surface area contributed by atoms with Crippen LogP contribution in [0.15, 0.2) is 78.9 Å². The number of ether oxygens (including phenoxy) is 1. The molecule has 7 heteroatoms. The van der Waals surface area contributed by atoms with Crippen molar-refractivity contribution >= 4 is 40.5 Å². The van der Waals surface area contributed by atoms with E-state index in [0.717, 1.165) is 6.42 Å². The first-order valence-corrected chi connectivity index (χ1v) is 11.1. The molecule has 170 valence electrons. The second-order valence-electron chi connectivity index (χ2n) is 7.83. The van der Waals surface area contributed by atoms with Gasteiger partial charge in [-0.25, -0.2) is 0 Å². The SMILES string of the molecule is CC(C)CCOc1ccccc1C(=O)NC(=S)Nc1ccc(NC(=O)c2ccccc2)cc1. The minimum absolute atomic E-state index is 0.165. The first-order valence-electron chi connectivity index (χ1n) is 10.7. The van der Waals surface area contributed by atoms with E-state index < -0.39 is 0 Å². The summed E-state index contributed by atoms with van der Waals surface area (Å²) in [4.78, 5) is 25.0. The molecule has 0 unspecified atom stereocenters. The maximum atomic E-state index is 12.7. The predicted octanol–water partition coefficient (Wildman–Crippen LogP) is 5.49. The summed E-state index contributed by atoms with van der Waals surface area (Å²) in [6.45, 7) is 4.78. The third kappa shape index (κ3) is 7.43. The van der Waals surface area contributed by atoms with Crippen molar-refractivity contribution in [3.05, 3.63) is 90.0 Å². The van der Waals surface area contributed by atoms with Crippen LogP contribution in [0, 0.1) is 5.92 Å². The van der Waals surface area contributed by atoms with Gasteiger partial charge < -0.3 is 15.4 Å². The van der Waals surface area contributed by atoms with Gasteiger partial charge in [-0.15, -0.1) is 0 Å². The summed E-state index contributed by atoms with van der Waals surface area (Å²) in [6.07, 6.45) is 0.901. The second kappa shape index (κ2) is 11.8. The van der Waals surface area contributed by atoms with Crippen LogP contribution in [0.2, 0.25) is 0 Å². The fourth-order valence-electron chi connectivity index (χ4n) is 2.95. The molecule has 0 aromatic heterocycles. The first kappa shape index (κ1) is 23.9. The molecule has 6 nitrogen and oxygen atoms in total. The monoisotopic (exact) mass is 461 g/mol. The van der Waals surface area contributed by atoms with E-state index in [2.05, 4.69) is 29.8 Å². The van der Waals surface area contributed by atoms with E-state index in [0.29, 0.717) is 40.8 Å². The lowest BCUT2D eigenvalue weighted by Crippen LogP contribution is -2.34. The van der Waals surface area contributed by atoms with Crippen LogP contribution in [0.1, 0.15) is 41.0 Å². The first-order chi connectivity index (χ1) is 15.9. The van der Waals surface area contributed by atoms with E-state index in [4.69, 9.17) is 17.0 Å². The molecule has 0 heterocycles. The van der Waals surface area contributed by atoms with E-state index in [9.17, 15) is 9.59 Å². The topological polar surface area (TPSA) is 79.5 Å². The van der Waals surface area contributed by atoms with Crippen LogP contribution < -0.4 is 20.7 Å². The van der Waals surface area contributed by atoms with E-state index in [1.54, 1.807) is 54.6 Å². The minimum Gasteiger partial charge on any atom is -0.493 e. The zero-order valence-electron chi connectivity index (χ0n) is 18.6. The maximum Gasteiger partial charge on any atom is 0.261 e. The lowest BCUT2D eigenvalue weighted by molar-refractivity contribution is 0.0972. The predicted molar refractivity (Wildman–Crippen MR) is 136 cm³/mol. The summed E-state index contributed by atoms with van der Waals surface area (Å²) in [7, 11) is 0. The fourth-order valence-corrected chi connectivity index (χ4v) is 3.16. The van der Waals surface area contributed by atoms with Gasteiger partial charge in [-0.2, -0.15) is 0 Å². The van der Waals surface area contributed by atoms with Crippen molar-refractivity contribution in [2.45, 2.75) is 20.3 Å². The number of para-hydroxylation sites is 1. The Bertz CT molecular complexity index is 1100. The van der Waals surface area contributed by atoms with Gasteiger partial charge in [0.25, 0.3) is 11.8 Å². The number of thiocarbonyl (C=S) groups is 1. The largest absolute Gasteiger partial charge is 0.493 e. The van der Waals surface area contributed by atoms with Gasteiger partial charge in [0.1, 0.15) is 5.75 Å². The molecule has 0 atom stereocenters. The van der Waals surface area contributed by atoms with Crippen molar-refractivity contribution in [1.82, 2.24) is 5.32 Å². The number of nitrogens with one attached hydrogen (secondary N) is 3. The summed E-state index contributed by atoms with van der Waals surface area (Å²) in [5, 5.41) is 8.67. The molecule has 0 aliphatic rings. The fraction of sp³-hybridized carbons (Fsp3) is 0.192. The lowest BCUT2D eigenvalue weighted by atomic mass is 10.1. The van der Waals surface area contributed by atoms with Crippen molar-refractivity contribution < 1.29 is 14.3 Å². The Hall–Kier alpha value is -3.71. The highest BCUT2D eigenvalue weighted by atomic mass is 32.1. The average Bonchev–Trinajstić information content (AvgIpc) is 2.81. The van der Waals surface area contributed by atoms with Gasteiger partial charge >= 0.3 is 0 Å². The van der Waals surface area contributed by atoms with Gasteiger partial charge in [0.2, 0.25) is 0 Å². The van der Waals surface area contributed by atoms with E-state index in [-0.39, 0.29) is 16.9 Å². The molecule has 0 bridgehead atoms. The smallest absolute Gasteiger partial charge is 0.261 e. The molecule has 3 rings (SSSR count). The minimum atomic E-state index is -0.348. The summed E-state index contributed by atoms with van der Waals surface area (Å²) < 4.78 is 5.79. The van der Waals surface area contributed by atoms with Crippen molar-refractivity contribution in [2.24, 2.45) is 5.92 Å². The summed E-state index contributed by atoms with van der Waals surface area (Å²) in [5.41, 5.74) is 2.33. The van der Waals surface area contributed by atoms with E-state index >= 15 is 0 Å². The number of carbonyl (C=O) groups is 2. The number of carbonyl (C=O) groups excluding carboxylic acids is 2. The van der Waals surface area contributed by atoms with E-state index in [1.807, 2.05) is 24.3 Å². The van der Waals surface area contributed by atoms with Gasteiger partial charge in [-0.3, -0.25) is 14.9 Å². The summed E-state index contributed by atoms with van der Waals surface area (Å²) >= 11 is 5.29. The highest BCUT2D eigenvalue weighted by Crippen LogP contribution is 2.19. The summed E-state index contributed by atoms with van der Waals surface area (Å²) in [6, 6.07) is 23.1. The molecule has 0 saturated carbocycles. The molecule has 0 saturated heterocycles. The molecule has 0 aliphatic carbocycles. The molecule has 0 aliphatic heterocycles. The molecule has 33 heavy (non-hydrogen) atoms. The van der Waals surface area contributed by atoms with Crippen LogP contribution in [-0.2, 0) is 0 Å². The highest BCUT2D eigenvalue weighted by Gasteiger charge is 2.14. The van der Waals surface area contributed by atoms with Crippen molar-refractivity contribution in [1.29, 1.82) is 0 Å². The molecule has 0 radical (unpaired) electrons. The van der Waals surface area contributed by atoms with Crippen LogP contribution >= 0.6 is 12.2 Å². The number of anilines is 2. The quantitative estimate of drug-likeness (QED) is 0.387. The molecular weight excluding hydrogens is 434 g/mol. The van der Waals surface area contributed by atoms with Gasteiger partial charge in [0.15, 0.2) is 5.11 Å². The van der Waals surface area contributed by atoms with Gasteiger partial charge in [0, 0.05) is 16.9 Å². The number of hydrogen-bond acceptors (Lipinski definition) is 4. The Morgan fingerprint density at radius 2 is 1.42 bits per heavy atom. The number of rotatable bonds is 8. The molecule has 3 aromatic carbocycles. The molecule has 2 amide bonds. The Kier molecular flexibility index (Phi) is 8.55. The zero-order chi connectivity index (χ0) is 23.6. The Morgan fingerprint density at radius 3 is 2.09 bits per heavy atom. The van der Waals surface area contributed by atoms with Gasteiger partial charge in [-0.1, -0.05) is 44.2 Å². The van der Waals surface area contributed by atoms with Gasteiger partial charge in [-0.05, 0) is 73.1 Å². The van der Waals surface area contributed by atoms with Crippen molar-refractivity contribution in [2.75, 3.05) is 17.2 Å². The van der Waals surface area contributed by atoms with Crippen molar-refractivity contribution in [3.8, 4) is 5.75 Å². The second-order valence-corrected chi connectivity index (χ2v) is 8.24. The van der Waals surface area contributed by atoms with Crippen LogP contribution in [0.25, 0.3) is 0 Å². The number of amides is 2. The van der Waals surface area contributed by atoms with Crippen LogP contribution in [-0.4, -0.2) is 23.5 Å². The van der Waals surface area contributed by atoms with Crippen LogP contribution in [0.3, 0.4) is 0 Å². The Labute approximate surface area is 199 Å². The summed E-state index contributed by atoms with van der Waals surface area (Å²) in [5.74, 6) is 0.505. The maximum absolute atomic E-state index is 12.7. The average molecular weight is 462 g/mol. The number of benzene rings is 3. The molecular formula is C26H27N3O3S. The molecule has 3 aromatic rings. The Balaban J connectivity index is 1.54. The van der Waals surface area contributed by atoms with Crippen molar-refractivity contribution in [3.63, 3.8) is 0 Å². The lowest BCUT2D eigenvalue weighted by Gasteiger charge is -2.14. The standard InChI is InChI=1S/C26H27N3O3S/c1-18(2)16-17-32-23-11-7-6-10-22(23)25(31)29-26(33)28-21-14-12-20(13-15-21)27-24(30)19-8-4-3-5-9-19/h3-15,18H,16-17H2,1-2H3,(H,27,30)(H2,28,29,31,33). The normalized spacial score (nSPS) is 10.4. The van der Waals surface area contributed by atoms with Gasteiger partial charge in [0.05, 0.1) is 12.2 Å². The molecule has 0 spiro atoms. The zero-order valence-corrected chi connectivity index (χ0v) is 19.4. The molecule has 0 fully saturated rings.